The summed E-state index contributed by atoms with van der Waals surface area (Å²) in [6.45, 7) is 4.65. The Labute approximate surface area is 234 Å². The molecule has 1 aromatic heterocycles. The van der Waals surface area contributed by atoms with Gasteiger partial charge < -0.3 is 13.9 Å². The number of nitriles is 1. The fourth-order valence-corrected chi connectivity index (χ4v) is 4.39. The van der Waals surface area contributed by atoms with Crippen LogP contribution >= 0.6 is 0 Å². The zero-order valence-electron chi connectivity index (χ0n) is 23.8. The first kappa shape index (κ1) is 31.9. The Bertz CT molecular complexity index is 1040. The number of carbonyl (C=O) groups excluding carboxylic acids is 2. The monoisotopic (exact) mass is 535 g/mol. The Kier molecular flexibility index (Phi) is 16.1. The number of esters is 2. The zero-order valence-corrected chi connectivity index (χ0v) is 23.8. The van der Waals surface area contributed by atoms with Crippen LogP contribution in [-0.2, 0) is 14.3 Å². The first-order valence-corrected chi connectivity index (χ1v) is 14.7. The van der Waals surface area contributed by atoms with Crippen LogP contribution in [0.3, 0.4) is 0 Å². The summed E-state index contributed by atoms with van der Waals surface area (Å²) in [6.07, 6.45) is 19.1. The molecule has 0 atom stereocenters. The summed E-state index contributed by atoms with van der Waals surface area (Å²) in [5, 5.41) is 9.43. The van der Waals surface area contributed by atoms with E-state index in [9.17, 15) is 14.9 Å². The van der Waals surface area contributed by atoms with E-state index in [0.29, 0.717) is 30.3 Å². The number of hydrogen-bond acceptors (Lipinski definition) is 6. The van der Waals surface area contributed by atoms with Gasteiger partial charge in [0.1, 0.15) is 23.2 Å². The predicted octanol–water partition coefficient (Wildman–Crippen LogP) is 9.05. The van der Waals surface area contributed by atoms with E-state index >= 15 is 0 Å². The third kappa shape index (κ3) is 12.8. The molecule has 0 bridgehead atoms. The number of nitrogens with zero attached hydrogens (tertiary/aromatic N) is 1. The van der Waals surface area contributed by atoms with E-state index in [4.69, 9.17) is 13.9 Å². The molecular formula is C33H45NO5. The van der Waals surface area contributed by atoms with E-state index in [1.165, 1.54) is 76.7 Å². The average molecular weight is 536 g/mol. The largest absolute Gasteiger partial charge is 0.462 e. The standard InChI is InChI=1S/C33H45NO5/c1-3-5-6-7-8-9-10-11-12-13-14-15-16-17-24-38-33(36)29(26-34)25-30-22-23-31(39-30)27-18-20-28(21-19-27)32(35)37-4-2/h18-23,25H,3-17,24H2,1-2H3. The Morgan fingerprint density at radius 2 is 1.33 bits per heavy atom. The molecule has 0 spiro atoms. The lowest BCUT2D eigenvalue weighted by atomic mass is 10.0. The van der Waals surface area contributed by atoms with Gasteiger partial charge in [-0.3, -0.25) is 0 Å². The molecule has 0 N–H and O–H groups in total. The minimum Gasteiger partial charge on any atom is -0.462 e. The van der Waals surface area contributed by atoms with Crippen molar-refractivity contribution < 1.29 is 23.5 Å². The fourth-order valence-electron chi connectivity index (χ4n) is 4.39. The van der Waals surface area contributed by atoms with E-state index in [-0.39, 0.29) is 11.5 Å². The van der Waals surface area contributed by atoms with Crippen molar-refractivity contribution in [3.8, 4) is 17.4 Å². The predicted molar refractivity (Wildman–Crippen MR) is 155 cm³/mol. The molecule has 1 aromatic carbocycles. The maximum absolute atomic E-state index is 12.3. The van der Waals surface area contributed by atoms with E-state index in [0.717, 1.165) is 24.8 Å². The lowest BCUT2D eigenvalue weighted by Gasteiger charge is -2.05. The van der Waals surface area contributed by atoms with Gasteiger partial charge in [-0.15, -0.1) is 0 Å². The molecule has 2 rings (SSSR count). The number of benzene rings is 1. The smallest absolute Gasteiger partial charge is 0.349 e. The third-order valence-electron chi connectivity index (χ3n) is 6.67. The minimum atomic E-state index is -0.635. The van der Waals surface area contributed by atoms with Crippen LogP contribution in [0.2, 0.25) is 0 Å². The van der Waals surface area contributed by atoms with E-state index in [2.05, 4.69) is 6.92 Å². The minimum absolute atomic E-state index is 0.0982. The van der Waals surface area contributed by atoms with Gasteiger partial charge in [0, 0.05) is 11.6 Å². The highest BCUT2D eigenvalue weighted by molar-refractivity contribution is 5.97. The van der Waals surface area contributed by atoms with Crippen LogP contribution in [0.25, 0.3) is 17.4 Å². The summed E-state index contributed by atoms with van der Waals surface area (Å²) in [5.41, 5.74) is 1.13. The summed E-state index contributed by atoms with van der Waals surface area (Å²) in [6, 6.07) is 12.2. The van der Waals surface area contributed by atoms with E-state index < -0.39 is 5.97 Å². The van der Waals surface area contributed by atoms with Gasteiger partial charge in [-0.1, -0.05) is 103 Å². The molecule has 6 nitrogen and oxygen atoms in total. The molecule has 0 saturated heterocycles. The van der Waals surface area contributed by atoms with Gasteiger partial charge in [0.2, 0.25) is 0 Å². The first-order chi connectivity index (χ1) is 19.1. The van der Waals surface area contributed by atoms with Crippen LogP contribution in [0.15, 0.2) is 46.4 Å². The van der Waals surface area contributed by atoms with Gasteiger partial charge in [0.25, 0.3) is 0 Å². The van der Waals surface area contributed by atoms with Crippen LogP contribution < -0.4 is 0 Å². The highest BCUT2D eigenvalue weighted by Gasteiger charge is 2.13. The van der Waals surface area contributed by atoms with Crippen molar-refractivity contribution in [1.82, 2.24) is 0 Å². The first-order valence-electron chi connectivity index (χ1n) is 14.7. The lowest BCUT2D eigenvalue weighted by Crippen LogP contribution is -2.07. The third-order valence-corrected chi connectivity index (χ3v) is 6.67. The van der Waals surface area contributed by atoms with Gasteiger partial charge in [-0.2, -0.15) is 5.26 Å². The van der Waals surface area contributed by atoms with Gasteiger partial charge >= 0.3 is 11.9 Å². The number of unbranched alkanes of at least 4 members (excludes halogenated alkanes) is 13. The molecular weight excluding hydrogens is 490 g/mol. The maximum Gasteiger partial charge on any atom is 0.349 e. The second-order valence-corrected chi connectivity index (χ2v) is 9.90. The molecule has 0 aliphatic carbocycles. The van der Waals surface area contributed by atoms with Crippen molar-refractivity contribution in [2.75, 3.05) is 13.2 Å². The molecule has 0 amide bonds. The molecule has 0 unspecified atom stereocenters. The summed E-state index contributed by atoms with van der Waals surface area (Å²) in [7, 11) is 0. The number of furan rings is 1. The molecule has 0 aliphatic rings. The van der Waals surface area contributed by atoms with Crippen molar-refractivity contribution in [3.05, 3.63) is 53.3 Å². The topological polar surface area (TPSA) is 89.5 Å². The van der Waals surface area contributed by atoms with Crippen LogP contribution in [0.1, 0.15) is 120 Å². The van der Waals surface area contributed by atoms with Gasteiger partial charge in [0.05, 0.1) is 18.8 Å². The van der Waals surface area contributed by atoms with E-state index in [1.54, 1.807) is 43.3 Å². The van der Waals surface area contributed by atoms with Gasteiger partial charge in [0.15, 0.2) is 0 Å². The summed E-state index contributed by atoms with van der Waals surface area (Å²) in [4.78, 5) is 24.2. The number of rotatable bonds is 20. The quantitative estimate of drug-likeness (QED) is 0.0727. The average Bonchev–Trinajstić information content (AvgIpc) is 3.42. The Balaban J connectivity index is 1.63. The van der Waals surface area contributed by atoms with Crippen LogP contribution in [0.4, 0.5) is 0 Å². The number of hydrogen-bond donors (Lipinski definition) is 0. The fraction of sp³-hybridized carbons (Fsp3) is 0.545. The summed E-state index contributed by atoms with van der Waals surface area (Å²) in [5.74, 6) is -0.0727. The number of carbonyl (C=O) groups is 2. The second-order valence-electron chi connectivity index (χ2n) is 9.90. The van der Waals surface area contributed by atoms with E-state index in [1.807, 2.05) is 6.07 Å². The second kappa shape index (κ2) is 19.7. The molecule has 0 saturated carbocycles. The Morgan fingerprint density at radius 1 is 0.769 bits per heavy atom. The van der Waals surface area contributed by atoms with Gasteiger partial charge in [-0.25, -0.2) is 9.59 Å². The Hall–Kier alpha value is -3.33. The Morgan fingerprint density at radius 3 is 1.87 bits per heavy atom. The molecule has 2 aromatic rings. The molecule has 0 aliphatic heterocycles. The van der Waals surface area contributed by atoms with Crippen molar-refractivity contribution in [3.63, 3.8) is 0 Å². The zero-order chi connectivity index (χ0) is 28.1. The summed E-state index contributed by atoms with van der Waals surface area (Å²) < 4.78 is 16.1. The SMILES string of the molecule is CCCCCCCCCCCCCCCCOC(=O)C(C#N)=Cc1ccc(-c2ccc(C(=O)OCC)cc2)o1. The lowest BCUT2D eigenvalue weighted by molar-refractivity contribution is -0.138. The van der Waals surface area contributed by atoms with Crippen molar-refractivity contribution >= 4 is 18.0 Å². The van der Waals surface area contributed by atoms with Crippen molar-refractivity contribution in [1.29, 1.82) is 5.26 Å². The molecule has 212 valence electrons. The molecule has 1 heterocycles. The van der Waals surface area contributed by atoms with Crippen molar-refractivity contribution in [2.24, 2.45) is 0 Å². The normalized spacial score (nSPS) is 11.3. The highest BCUT2D eigenvalue weighted by atomic mass is 16.5. The summed E-state index contributed by atoms with van der Waals surface area (Å²) >= 11 is 0. The molecule has 39 heavy (non-hydrogen) atoms. The molecule has 0 radical (unpaired) electrons. The van der Waals surface area contributed by atoms with Crippen molar-refractivity contribution in [2.45, 2.75) is 104 Å². The molecule has 6 heteroatoms. The van der Waals surface area contributed by atoms with Crippen LogP contribution in [0.5, 0.6) is 0 Å². The number of ether oxygens (including phenoxy) is 2. The highest BCUT2D eigenvalue weighted by Crippen LogP contribution is 2.24. The maximum atomic E-state index is 12.3. The van der Waals surface area contributed by atoms with Crippen LogP contribution in [-0.4, -0.2) is 25.2 Å². The van der Waals surface area contributed by atoms with Crippen LogP contribution in [0, 0.1) is 11.3 Å². The van der Waals surface area contributed by atoms with Gasteiger partial charge in [-0.05, 0) is 37.6 Å². The molecule has 0 fully saturated rings.